The number of thiazole rings is 1. The Hall–Kier alpha value is -3.15. The van der Waals surface area contributed by atoms with Crippen molar-refractivity contribution in [3.63, 3.8) is 0 Å². The van der Waals surface area contributed by atoms with Crippen molar-refractivity contribution in [2.75, 3.05) is 31.8 Å². The first-order chi connectivity index (χ1) is 16.3. The van der Waals surface area contributed by atoms with Crippen molar-refractivity contribution in [2.45, 2.75) is 24.5 Å². The predicted molar refractivity (Wildman–Crippen MR) is 129 cm³/mol. The fourth-order valence-corrected chi connectivity index (χ4v) is 5.50. The molecule has 0 saturated carbocycles. The number of anilines is 1. The Morgan fingerprint density at radius 3 is 2.68 bits per heavy atom. The van der Waals surface area contributed by atoms with Gasteiger partial charge in [-0.05, 0) is 24.1 Å². The Morgan fingerprint density at radius 1 is 1.15 bits per heavy atom. The van der Waals surface area contributed by atoms with Crippen molar-refractivity contribution in [3.8, 4) is 22.0 Å². The number of likely N-dealkylation sites (tertiary alicyclic amines) is 2. The number of carbonyl (C=O) groups is 2. The van der Waals surface area contributed by atoms with E-state index in [-0.39, 0.29) is 17.9 Å². The maximum absolute atomic E-state index is 12.5. The molecule has 1 N–H and O–H groups in total. The molecule has 9 nitrogen and oxygen atoms in total. The van der Waals surface area contributed by atoms with Gasteiger partial charge in [0, 0.05) is 50.7 Å². The van der Waals surface area contributed by atoms with Crippen LogP contribution in [0.15, 0.2) is 41.9 Å². The van der Waals surface area contributed by atoms with Crippen LogP contribution in [-0.2, 0) is 15.2 Å². The van der Waals surface area contributed by atoms with Crippen LogP contribution in [0.5, 0.6) is 0 Å². The van der Waals surface area contributed by atoms with Crippen molar-refractivity contribution in [1.29, 1.82) is 0 Å². The number of nitrogens with zero attached hydrogens (tertiary/aromatic N) is 6. The molecule has 2 saturated heterocycles. The molecule has 0 bridgehead atoms. The average Bonchev–Trinajstić information content (AvgIpc) is 3.55. The Kier molecular flexibility index (Phi) is 5.70. The van der Waals surface area contributed by atoms with Gasteiger partial charge in [0.05, 0.1) is 5.69 Å². The van der Waals surface area contributed by atoms with E-state index < -0.39 is 5.60 Å². The Labute approximate surface area is 204 Å². The maximum Gasteiger partial charge on any atom is 0.258 e. The number of likely N-dealkylation sites (N-methyl/N-ethyl adjacent to an activating group) is 2. The number of aliphatic hydroxyl groups is 1. The fraction of sp³-hybridized carbons (Fsp3) is 0.348. The van der Waals surface area contributed by atoms with Crippen LogP contribution < -0.4 is 4.57 Å². The van der Waals surface area contributed by atoms with E-state index in [1.54, 1.807) is 46.8 Å². The molecule has 5 rings (SSSR count). The largest absolute Gasteiger partial charge is 0.375 e. The van der Waals surface area contributed by atoms with Gasteiger partial charge in [-0.3, -0.25) is 9.59 Å². The molecule has 3 radical (unpaired) electrons. The summed E-state index contributed by atoms with van der Waals surface area (Å²) in [6.45, 7) is 1.21. The zero-order chi connectivity index (χ0) is 24.0. The summed E-state index contributed by atoms with van der Waals surface area (Å²) in [7, 11) is 7.01. The van der Waals surface area contributed by atoms with Crippen LogP contribution in [0.4, 0.5) is 5.95 Å². The summed E-state index contributed by atoms with van der Waals surface area (Å²) in [6, 6.07) is 8.76. The van der Waals surface area contributed by atoms with Crippen molar-refractivity contribution < 1.29 is 14.7 Å². The third kappa shape index (κ3) is 3.79. The zero-order valence-corrected chi connectivity index (χ0v) is 20.6. The average molecular weight is 492 g/mol. The monoisotopic (exact) mass is 491 g/mol. The molecule has 2 amide bonds. The summed E-state index contributed by atoms with van der Waals surface area (Å²) < 4.78 is 1.63. The van der Waals surface area contributed by atoms with Gasteiger partial charge in [-0.25, -0.2) is 15.0 Å². The van der Waals surface area contributed by atoms with Gasteiger partial charge in [0.2, 0.25) is 11.9 Å². The number of aromatic nitrogens is 3. The smallest absolute Gasteiger partial charge is 0.258 e. The third-order valence-electron chi connectivity index (χ3n) is 6.43. The molecule has 11 heteroatoms. The minimum Gasteiger partial charge on any atom is -0.375 e. The van der Waals surface area contributed by atoms with Crippen molar-refractivity contribution in [3.05, 3.63) is 47.5 Å². The van der Waals surface area contributed by atoms with Gasteiger partial charge in [-0.2, -0.15) is 0 Å². The van der Waals surface area contributed by atoms with E-state index in [2.05, 4.69) is 20.4 Å². The van der Waals surface area contributed by atoms with Gasteiger partial charge in [-0.1, -0.05) is 18.2 Å². The summed E-state index contributed by atoms with van der Waals surface area (Å²) in [6.07, 6.45) is 2.69. The van der Waals surface area contributed by atoms with Crippen LogP contribution in [0.25, 0.3) is 22.0 Å². The molecular formula is C23H23N6O3SSi. The third-order valence-corrected chi connectivity index (χ3v) is 7.84. The second-order valence-corrected chi connectivity index (χ2v) is 9.97. The highest BCUT2D eigenvalue weighted by Crippen LogP contribution is 2.36. The highest BCUT2D eigenvalue weighted by atomic mass is 32.1. The first-order valence-electron chi connectivity index (χ1n) is 10.9. The quantitative estimate of drug-likeness (QED) is 0.539. The van der Waals surface area contributed by atoms with Gasteiger partial charge in [0.15, 0.2) is 16.0 Å². The molecule has 3 aromatic rings. The fourth-order valence-electron chi connectivity index (χ4n) is 4.35. The summed E-state index contributed by atoms with van der Waals surface area (Å²) in [5.74, 6) is 0.128. The number of carbonyl (C=O) groups excluding carboxylic acids is 2. The molecule has 173 valence electrons. The van der Waals surface area contributed by atoms with Crippen LogP contribution >= 0.6 is 11.3 Å². The Bertz CT molecular complexity index is 1270. The molecule has 2 aliphatic heterocycles. The lowest BCUT2D eigenvalue weighted by atomic mass is 9.91. The van der Waals surface area contributed by atoms with E-state index in [1.165, 1.54) is 11.3 Å². The lowest BCUT2D eigenvalue weighted by Gasteiger charge is -2.23. The van der Waals surface area contributed by atoms with Crippen molar-refractivity contribution in [1.82, 2.24) is 24.8 Å². The molecule has 2 atom stereocenters. The predicted octanol–water partition coefficient (Wildman–Crippen LogP) is 1.44. The van der Waals surface area contributed by atoms with Crippen molar-refractivity contribution >= 4 is 39.5 Å². The van der Waals surface area contributed by atoms with E-state index in [1.807, 2.05) is 23.6 Å². The van der Waals surface area contributed by atoms with E-state index in [0.29, 0.717) is 48.8 Å². The Morgan fingerprint density at radius 2 is 1.97 bits per heavy atom. The summed E-state index contributed by atoms with van der Waals surface area (Å²) in [5.41, 5.74) is 1.20. The van der Waals surface area contributed by atoms with Crippen LogP contribution in [0, 0.1) is 0 Å². The zero-order valence-electron chi connectivity index (χ0n) is 18.8. The van der Waals surface area contributed by atoms with Crippen LogP contribution in [0.2, 0.25) is 0 Å². The van der Waals surface area contributed by atoms with Gasteiger partial charge in [-0.15, -0.1) is 11.3 Å². The molecule has 1 unspecified atom stereocenters. The van der Waals surface area contributed by atoms with Gasteiger partial charge in [0.1, 0.15) is 16.7 Å². The minimum absolute atomic E-state index is 0.0217. The molecule has 34 heavy (non-hydrogen) atoms. The molecule has 2 aliphatic rings. The highest BCUT2D eigenvalue weighted by Gasteiger charge is 2.45. The second-order valence-electron chi connectivity index (χ2n) is 8.63. The number of hydrogen-bond donors (Lipinski definition) is 1. The van der Waals surface area contributed by atoms with E-state index >= 15 is 0 Å². The normalized spacial score (nSPS) is 22.6. The van der Waals surface area contributed by atoms with E-state index in [0.717, 1.165) is 10.6 Å². The summed E-state index contributed by atoms with van der Waals surface area (Å²) in [5, 5.41) is 13.7. The SMILES string of the molecule is CN1CCC(N([Si])c2nccc(-c3csc(-c4cccc([C@]5(O)CCN(C)C5=O)c4)n3)n2)C1=O. The molecule has 1 aromatic carbocycles. The molecule has 2 fully saturated rings. The molecule has 2 aromatic heterocycles. The minimum atomic E-state index is -1.50. The van der Waals surface area contributed by atoms with Gasteiger partial charge < -0.3 is 19.5 Å². The van der Waals surface area contributed by atoms with Crippen LogP contribution in [0.3, 0.4) is 0 Å². The topological polar surface area (TPSA) is 103 Å². The maximum atomic E-state index is 12.5. The molecular weight excluding hydrogens is 468 g/mol. The highest BCUT2D eigenvalue weighted by molar-refractivity contribution is 7.13. The molecule has 4 heterocycles. The van der Waals surface area contributed by atoms with Crippen molar-refractivity contribution in [2.24, 2.45) is 0 Å². The number of rotatable bonds is 5. The molecule has 0 aliphatic carbocycles. The number of benzene rings is 1. The Balaban J connectivity index is 1.41. The van der Waals surface area contributed by atoms with Crippen LogP contribution in [0.1, 0.15) is 18.4 Å². The number of hydrogen-bond acceptors (Lipinski definition) is 8. The first kappa shape index (κ1) is 22.6. The standard InChI is InChI=1S/C23H23N6O3SSi/c1-27-10-7-18(20(27)30)29(34)22-24-9-6-16(26-22)17-13-33-19(25-17)14-4-3-5-15(12-14)23(32)8-11-28(2)21(23)31/h3-6,9,12-13,18,32H,7-8,10-11H2,1-2H3/t18?,23-/m1/s1. The summed E-state index contributed by atoms with van der Waals surface area (Å²) >= 11 is 1.45. The van der Waals surface area contributed by atoms with E-state index in [4.69, 9.17) is 4.98 Å². The van der Waals surface area contributed by atoms with E-state index in [9.17, 15) is 14.7 Å². The number of amides is 2. The molecule has 0 spiro atoms. The lowest BCUT2D eigenvalue weighted by Crippen LogP contribution is -2.40. The second kappa shape index (κ2) is 8.57. The first-order valence-corrected chi connectivity index (χ1v) is 12.2. The summed E-state index contributed by atoms with van der Waals surface area (Å²) in [4.78, 5) is 41.8. The van der Waals surface area contributed by atoms with Gasteiger partial charge in [0.25, 0.3) is 5.91 Å². The van der Waals surface area contributed by atoms with Crippen LogP contribution in [-0.4, -0.2) is 85.3 Å². The lowest BCUT2D eigenvalue weighted by molar-refractivity contribution is -0.143. The van der Waals surface area contributed by atoms with Gasteiger partial charge >= 0.3 is 0 Å².